The fourth-order valence-corrected chi connectivity index (χ4v) is 4.19. The minimum atomic E-state index is 0.0924. The second-order valence-corrected chi connectivity index (χ2v) is 7.63. The van der Waals surface area contributed by atoms with Crippen molar-refractivity contribution in [2.75, 3.05) is 26.3 Å². The molecule has 1 aromatic heterocycles. The van der Waals surface area contributed by atoms with Crippen molar-refractivity contribution in [1.82, 2.24) is 15.0 Å². The molecule has 1 aliphatic carbocycles. The van der Waals surface area contributed by atoms with Crippen molar-refractivity contribution in [3.05, 3.63) is 35.5 Å². The second-order valence-electron chi connectivity index (χ2n) is 7.63. The fourth-order valence-electron chi connectivity index (χ4n) is 4.19. The number of benzene rings is 1. The number of aryl methyl sites for hydroxylation is 1. The van der Waals surface area contributed by atoms with Crippen LogP contribution in [0.5, 0.6) is 11.5 Å². The predicted octanol–water partition coefficient (Wildman–Crippen LogP) is 2.66. The topological polar surface area (TPSA) is 77.7 Å². The highest BCUT2D eigenvalue weighted by molar-refractivity contribution is 5.83. The van der Waals surface area contributed by atoms with Gasteiger partial charge >= 0.3 is 0 Å². The average Bonchev–Trinajstić information content (AvgIpc) is 3.40. The molecular formula is C20H23N3O4. The molecule has 1 aromatic carbocycles. The number of hydrogen-bond donors (Lipinski definition) is 0. The molecule has 1 amide bonds. The van der Waals surface area contributed by atoms with Gasteiger partial charge in [-0.2, -0.15) is 4.98 Å². The lowest BCUT2D eigenvalue weighted by molar-refractivity contribution is -0.133. The number of amides is 1. The zero-order valence-electron chi connectivity index (χ0n) is 15.4. The van der Waals surface area contributed by atoms with Crippen molar-refractivity contribution in [3.8, 4) is 11.5 Å². The summed E-state index contributed by atoms with van der Waals surface area (Å²) < 4.78 is 16.5. The van der Waals surface area contributed by atoms with Gasteiger partial charge in [-0.25, -0.2) is 0 Å². The van der Waals surface area contributed by atoms with Crippen LogP contribution < -0.4 is 9.47 Å². The number of aromatic nitrogens is 2. The highest BCUT2D eigenvalue weighted by Gasteiger charge is 2.46. The standard InChI is InChI=1S/C20H23N3O4/c1-12-21-19(27-22-12)13-4-6-23(7-5-13)20(24)16-11-15(16)14-2-3-17-18(10-14)26-9-8-25-17/h2-3,10,13,15-16H,4-9,11H2,1H3. The Kier molecular flexibility index (Phi) is 4.02. The van der Waals surface area contributed by atoms with Gasteiger partial charge in [0.1, 0.15) is 13.2 Å². The summed E-state index contributed by atoms with van der Waals surface area (Å²) in [5.41, 5.74) is 1.17. The zero-order valence-corrected chi connectivity index (χ0v) is 15.4. The number of rotatable bonds is 3. The Hall–Kier alpha value is -2.57. The molecule has 7 heteroatoms. The fraction of sp³-hybridized carbons (Fsp3) is 0.550. The molecule has 1 saturated carbocycles. The molecule has 5 rings (SSSR count). The van der Waals surface area contributed by atoms with Crippen molar-refractivity contribution in [2.24, 2.45) is 5.92 Å². The van der Waals surface area contributed by atoms with Crippen molar-refractivity contribution < 1.29 is 18.8 Å². The molecule has 2 aromatic rings. The Labute approximate surface area is 157 Å². The lowest BCUT2D eigenvalue weighted by atomic mass is 9.96. The first kappa shape index (κ1) is 16.6. The maximum Gasteiger partial charge on any atom is 0.229 e. The van der Waals surface area contributed by atoms with E-state index in [-0.39, 0.29) is 17.7 Å². The van der Waals surface area contributed by atoms with E-state index in [2.05, 4.69) is 16.2 Å². The number of carbonyl (C=O) groups is 1. The van der Waals surface area contributed by atoms with Gasteiger partial charge in [0.25, 0.3) is 0 Å². The highest BCUT2D eigenvalue weighted by atomic mass is 16.6. The summed E-state index contributed by atoms with van der Waals surface area (Å²) in [6.45, 7) is 4.52. The summed E-state index contributed by atoms with van der Waals surface area (Å²) >= 11 is 0. The van der Waals surface area contributed by atoms with E-state index >= 15 is 0 Å². The number of carbonyl (C=O) groups excluding carboxylic acids is 1. The van der Waals surface area contributed by atoms with Gasteiger partial charge in [0.05, 0.1) is 0 Å². The predicted molar refractivity (Wildman–Crippen MR) is 95.9 cm³/mol. The number of likely N-dealkylation sites (tertiary alicyclic amines) is 1. The Morgan fingerprint density at radius 1 is 1.15 bits per heavy atom. The molecule has 0 N–H and O–H groups in total. The molecule has 1 saturated heterocycles. The number of nitrogens with zero attached hydrogens (tertiary/aromatic N) is 3. The first-order chi connectivity index (χ1) is 13.2. The molecule has 0 spiro atoms. The first-order valence-electron chi connectivity index (χ1n) is 9.67. The van der Waals surface area contributed by atoms with Gasteiger partial charge in [-0.1, -0.05) is 11.2 Å². The normalized spacial score (nSPS) is 24.7. The number of ether oxygens (including phenoxy) is 2. The van der Waals surface area contributed by atoms with Crippen LogP contribution in [-0.4, -0.2) is 47.3 Å². The Balaban J connectivity index is 1.19. The largest absolute Gasteiger partial charge is 0.486 e. The Bertz CT molecular complexity index is 857. The minimum absolute atomic E-state index is 0.0924. The van der Waals surface area contributed by atoms with Gasteiger partial charge in [-0.3, -0.25) is 4.79 Å². The molecule has 2 atom stereocenters. The quantitative estimate of drug-likeness (QED) is 0.828. The highest BCUT2D eigenvalue weighted by Crippen LogP contribution is 2.50. The van der Waals surface area contributed by atoms with E-state index in [1.807, 2.05) is 24.0 Å². The van der Waals surface area contributed by atoms with Crippen LogP contribution in [0.1, 0.15) is 48.4 Å². The zero-order chi connectivity index (χ0) is 18.4. The average molecular weight is 369 g/mol. The molecule has 27 heavy (non-hydrogen) atoms. The smallest absolute Gasteiger partial charge is 0.229 e. The molecule has 142 valence electrons. The SMILES string of the molecule is Cc1noc(C2CCN(C(=O)C3CC3c3ccc4c(c3)OCCO4)CC2)n1. The van der Waals surface area contributed by atoms with Crippen LogP contribution >= 0.6 is 0 Å². The second kappa shape index (κ2) is 6.55. The summed E-state index contributed by atoms with van der Waals surface area (Å²) in [5, 5.41) is 3.87. The number of hydrogen-bond acceptors (Lipinski definition) is 6. The van der Waals surface area contributed by atoms with E-state index in [1.165, 1.54) is 5.56 Å². The van der Waals surface area contributed by atoms with E-state index < -0.39 is 0 Å². The number of fused-ring (bicyclic) bond motifs is 1. The lowest BCUT2D eigenvalue weighted by Crippen LogP contribution is -2.39. The monoisotopic (exact) mass is 369 g/mol. The summed E-state index contributed by atoms with van der Waals surface area (Å²) in [6, 6.07) is 6.06. The molecule has 3 aliphatic rings. The molecular weight excluding hydrogens is 346 g/mol. The van der Waals surface area contributed by atoms with Gasteiger partial charge in [0.15, 0.2) is 17.3 Å². The van der Waals surface area contributed by atoms with Crippen LogP contribution in [0.15, 0.2) is 22.7 Å². The minimum Gasteiger partial charge on any atom is -0.486 e. The van der Waals surface area contributed by atoms with E-state index in [9.17, 15) is 4.79 Å². The Morgan fingerprint density at radius 2 is 1.93 bits per heavy atom. The third-order valence-electron chi connectivity index (χ3n) is 5.80. The summed E-state index contributed by atoms with van der Waals surface area (Å²) in [5.74, 6) is 3.90. The molecule has 2 aliphatic heterocycles. The Morgan fingerprint density at radius 3 is 2.67 bits per heavy atom. The van der Waals surface area contributed by atoms with Gasteiger partial charge < -0.3 is 18.9 Å². The molecule has 2 unspecified atom stereocenters. The molecule has 7 nitrogen and oxygen atoms in total. The van der Waals surface area contributed by atoms with Crippen LogP contribution in [-0.2, 0) is 4.79 Å². The molecule has 3 heterocycles. The van der Waals surface area contributed by atoms with Crippen molar-refractivity contribution in [1.29, 1.82) is 0 Å². The van der Waals surface area contributed by atoms with E-state index in [0.29, 0.717) is 30.8 Å². The van der Waals surface area contributed by atoms with E-state index in [1.54, 1.807) is 0 Å². The maximum absolute atomic E-state index is 12.9. The van der Waals surface area contributed by atoms with Gasteiger partial charge in [-0.15, -0.1) is 0 Å². The maximum atomic E-state index is 12.9. The van der Waals surface area contributed by atoms with Crippen LogP contribution in [0.25, 0.3) is 0 Å². The molecule has 2 fully saturated rings. The third-order valence-corrected chi connectivity index (χ3v) is 5.80. The van der Waals surface area contributed by atoms with Crippen LogP contribution in [0.3, 0.4) is 0 Å². The lowest BCUT2D eigenvalue weighted by Gasteiger charge is -2.30. The number of piperidine rings is 1. The summed E-state index contributed by atoms with van der Waals surface area (Å²) in [6.07, 6.45) is 2.69. The van der Waals surface area contributed by atoms with Crippen molar-refractivity contribution >= 4 is 5.91 Å². The van der Waals surface area contributed by atoms with Crippen molar-refractivity contribution in [3.63, 3.8) is 0 Å². The van der Waals surface area contributed by atoms with E-state index in [0.717, 1.165) is 43.9 Å². The third kappa shape index (κ3) is 3.15. The van der Waals surface area contributed by atoms with Gasteiger partial charge in [-0.05, 0) is 49.8 Å². The summed E-state index contributed by atoms with van der Waals surface area (Å²) in [4.78, 5) is 19.2. The molecule has 0 radical (unpaired) electrons. The first-order valence-corrected chi connectivity index (χ1v) is 9.67. The van der Waals surface area contributed by atoms with Crippen LogP contribution in [0, 0.1) is 12.8 Å². The van der Waals surface area contributed by atoms with Gasteiger partial charge in [0, 0.05) is 24.9 Å². The van der Waals surface area contributed by atoms with Crippen molar-refractivity contribution in [2.45, 2.75) is 38.0 Å². The molecule has 0 bridgehead atoms. The van der Waals surface area contributed by atoms with E-state index in [4.69, 9.17) is 14.0 Å². The summed E-state index contributed by atoms with van der Waals surface area (Å²) in [7, 11) is 0. The van der Waals surface area contributed by atoms with Crippen LogP contribution in [0.4, 0.5) is 0 Å². The van der Waals surface area contributed by atoms with Gasteiger partial charge in [0.2, 0.25) is 11.8 Å². The van der Waals surface area contributed by atoms with Crippen LogP contribution in [0.2, 0.25) is 0 Å².